The van der Waals surface area contributed by atoms with Crippen LogP contribution < -0.4 is 10.6 Å². The molecule has 0 aromatic heterocycles. The number of hydrogen-bond donors (Lipinski definition) is 3. The normalized spacial score (nSPS) is 11.9. The summed E-state index contributed by atoms with van der Waals surface area (Å²) in [4.78, 5) is 12.2. The number of carbonyl (C=O) groups excluding carboxylic acids is 1. The molecule has 4 nitrogen and oxygen atoms in total. The molecule has 2 rings (SSSR count). The second kappa shape index (κ2) is 9.85. The van der Waals surface area contributed by atoms with Crippen LogP contribution in [0.2, 0.25) is 0 Å². The van der Waals surface area contributed by atoms with Crippen LogP contribution in [0.25, 0.3) is 0 Å². The highest BCUT2D eigenvalue weighted by Gasteiger charge is 2.12. The first-order chi connectivity index (χ1) is 11.7. The summed E-state index contributed by atoms with van der Waals surface area (Å²) in [6.07, 6.45) is 2.44. The number of rotatable bonds is 9. The largest absolute Gasteiger partial charge is 0.396 e. The number of aliphatic hydroxyl groups excluding tert-OH is 1. The monoisotopic (exact) mass is 326 g/mol. The number of aliphatic hydroxyl groups is 1. The van der Waals surface area contributed by atoms with Crippen LogP contribution in [0, 0.1) is 0 Å². The molecule has 1 unspecified atom stereocenters. The number of nitrogens with one attached hydrogen (secondary N) is 2. The third-order valence-electron chi connectivity index (χ3n) is 3.98. The van der Waals surface area contributed by atoms with Crippen LogP contribution in [0.5, 0.6) is 0 Å². The molecule has 2 aromatic carbocycles. The molecule has 0 aliphatic heterocycles. The topological polar surface area (TPSA) is 61.4 Å². The molecular formula is C20H26N2O2. The van der Waals surface area contributed by atoms with Gasteiger partial charge < -0.3 is 15.7 Å². The third kappa shape index (κ3) is 5.80. The highest BCUT2D eigenvalue weighted by Crippen LogP contribution is 2.18. The molecule has 0 radical (unpaired) electrons. The van der Waals surface area contributed by atoms with E-state index in [1.165, 1.54) is 5.56 Å². The quantitative estimate of drug-likeness (QED) is 0.662. The van der Waals surface area contributed by atoms with Crippen molar-refractivity contribution in [3.63, 3.8) is 0 Å². The van der Waals surface area contributed by atoms with E-state index in [0.717, 1.165) is 24.1 Å². The van der Waals surface area contributed by atoms with Crippen LogP contribution >= 0.6 is 0 Å². The molecule has 128 valence electrons. The Bertz CT molecular complexity index is 629. The average molecular weight is 326 g/mol. The highest BCUT2D eigenvalue weighted by molar-refractivity contribution is 5.92. The van der Waals surface area contributed by atoms with Crippen LogP contribution in [-0.4, -0.2) is 24.2 Å². The van der Waals surface area contributed by atoms with E-state index in [1.807, 2.05) is 54.6 Å². The fraction of sp³-hybridized carbons (Fsp3) is 0.350. The summed E-state index contributed by atoms with van der Waals surface area (Å²) < 4.78 is 0. The molecule has 4 heteroatoms. The Hall–Kier alpha value is -2.17. The second-order valence-corrected chi connectivity index (χ2v) is 5.81. The summed E-state index contributed by atoms with van der Waals surface area (Å²) in [5.74, 6) is -0.0619. The molecule has 0 aliphatic carbocycles. The van der Waals surface area contributed by atoms with Crippen molar-refractivity contribution in [3.8, 4) is 0 Å². The van der Waals surface area contributed by atoms with Gasteiger partial charge in [-0.25, -0.2) is 0 Å². The van der Waals surface area contributed by atoms with Gasteiger partial charge in [0, 0.05) is 18.3 Å². The molecule has 1 atom stereocenters. The van der Waals surface area contributed by atoms with Gasteiger partial charge in [-0.2, -0.15) is 0 Å². The predicted molar refractivity (Wildman–Crippen MR) is 98.0 cm³/mol. The van der Waals surface area contributed by atoms with E-state index in [2.05, 4.69) is 17.6 Å². The second-order valence-electron chi connectivity index (χ2n) is 5.81. The van der Waals surface area contributed by atoms with Crippen molar-refractivity contribution < 1.29 is 9.90 Å². The van der Waals surface area contributed by atoms with Gasteiger partial charge in [-0.3, -0.25) is 4.79 Å². The first kappa shape index (κ1) is 18.2. The summed E-state index contributed by atoms with van der Waals surface area (Å²) >= 11 is 0. The van der Waals surface area contributed by atoms with Gasteiger partial charge in [0.2, 0.25) is 5.91 Å². The van der Waals surface area contributed by atoms with E-state index >= 15 is 0 Å². The average Bonchev–Trinajstić information content (AvgIpc) is 2.62. The maximum atomic E-state index is 12.2. The molecule has 24 heavy (non-hydrogen) atoms. The lowest BCUT2D eigenvalue weighted by Crippen LogP contribution is -2.31. The van der Waals surface area contributed by atoms with Crippen molar-refractivity contribution in [3.05, 3.63) is 65.7 Å². The smallest absolute Gasteiger partial charge is 0.238 e. The lowest BCUT2D eigenvalue weighted by atomic mass is 10.0. The molecule has 1 amide bonds. The summed E-state index contributed by atoms with van der Waals surface area (Å²) in [6.45, 7) is 2.48. The van der Waals surface area contributed by atoms with Crippen molar-refractivity contribution in [2.45, 2.75) is 32.2 Å². The van der Waals surface area contributed by atoms with Crippen molar-refractivity contribution >= 4 is 11.6 Å². The minimum atomic E-state index is -0.0619. The fourth-order valence-electron chi connectivity index (χ4n) is 2.66. The first-order valence-corrected chi connectivity index (χ1v) is 8.51. The molecule has 0 aliphatic rings. The van der Waals surface area contributed by atoms with Gasteiger partial charge in [0.1, 0.15) is 0 Å². The Morgan fingerprint density at radius 3 is 2.62 bits per heavy atom. The summed E-state index contributed by atoms with van der Waals surface area (Å²) in [6, 6.07) is 18.0. The zero-order chi connectivity index (χ0) is 17.2. The Morgan fingerprint density at radius 1 is 1.12 bits per heavy atom. The van der Waals surface area contributed by atoms with Crippen LogP contribution in [0.15, 0.2) is 54.6 Å². The van der Waals surface area contributed by atoms with Crippen molar-refractivity contribution in [1.82, 2.24) is 5.32 Å². The number of carbonyl (C=O) groups is 1. The van der Waals surface area contributed by atoms with Gasteiger partial charge in [0.25, 0.3) is 0 Å². The maximum Gasteiger partial charge on any atom is 0.238 e. The number of anilines is 1. The van der Waals surface area contributed by atoms with Crippen LogP contribution in [0.4, 0.5) is 5.69 Å². The van der Waals surface area contributed by atoms with E-state index in [4.69, 9.17) is 5.11 Å². The number of benzene rings is 2. The lowest BCUT2D eigenvalue weighted by molar-refractivity contribution is -0.115. The van der Waals surface area contributed by atoms with Crippen LogP contribution in [0.3, 0.4) is 0 Å². The van der Waals surface area contributed by atoms with Crippen molar-refractivity contribution in [2.75, 3.05) is 18.5 Å². The van der Waals surface area contributed by atoms with E-state index < -0.39 is 0 Å². The van der Waals surface area contributed by atoms with E-state index in [-0.39, 0.29) is 25.1 Å². The molecule has 3 N–H and O–H groups in total. The van der Waals surface area contributed by atoms with Gasteiger partial charge in [0.05, 0.1) is 6.54 Å². The number of amides is 1. The molecule has 0 bridgehead atoms. The highest BCUT2D eigenvalue weighted by atomic mass is 16.2. The zero-order valence-electron chi connectivity index (χ0n) is 14.2. The first-order valence-electron chi connectivity index (χ1n) is 8.51. The van der Waals surface area contributed by atoms with Crippen molar-refractivity contribution in [2.24, 2.45) is 0 Å². The lowest BCUT2D eigenvalue weighted by Gasteiger charge is -2.19. The molecule has 0 saturated carbocycles. The van der Waals surface area contributed by atoms with Gasteiger partial charge in [-0.15, -0.1) is 0 Å². The molecule has 0 spiro atoms. The number of hydrogen-bond acceptors (Lipinski definition) is 3. The van der Waals surface area contributed by atoms with Gasteiger partial charge in [0.15, 0.2) is 0 Å². The van der Waals surface area contributed by atoms with Crippen molar-refractivity contribution in [1.29, 1.82) is 0 Å². The fourth-order valence-corrected chi connectivity index (χ4v) is 2.66. The molecule has 0 heterocycles. The Balaban J connectivity index is 1.91. The Kier molecular flexibility index (Phi) is 7.46. The summed E-state index contributed by atoms with van der Waals surface area (Å²) in [7, 11) is 0. The van der Waals surface area contributed by atoms with Gasteiger partial charge in [-0.05, 0) is 42.5 Å². The van der Waals surface area contributed by atoms with E-state index in [9.17, 15) is 4.79 Å². The van der Waals surface area contributed by atoms with Gasteiger partial charge >= 0.3 is 0 Å². The van der Waals surface area contributed by atoms with Crippen LogP contribution in [-0.2, 0) is 11.2 Å². The van der Waals surface area contributed by atoms with Gasteiger partial charge in [-0.1, -0.05) is 49.4 Å². The molecule has 0 saturated heterocycles. The standard InChI is InChI=1S/C20H26N2O2/c1-2-16-8-6-11-18(14-16)22-20(24)15-21-19(12-7-13-23)17-9-4-3-5-10-17/h3-6,8-11,14,19,21,23H,2,7,12-13,15H2,1H3,(H,22,24). The number of aryl methyl sites for hydroxylation is 1. The summed E-state index contributed by atoms with van der Waals surface area (Å²) in [5.41, 5.74) is 3.16. The van der Waals surface area contributed by atoms with E-state index in [0.29, 0.717) is 6.42 Å². The Morgan fingerprint density at radius 2 is 1.92 bits per heavy atom. The minimum Gasteiger partial charge on any atom is -0.396 e. The van der Waals surface area contributed by atoms with E-state index in [1.54, 1.807) is 0 Å². The predicted octanol–water partition coefficient (Wildman–Crippen LogP) is 3.29. The zero-order valence-corrected chi connectivity index (χ0v) is 14.2. The van der Waals surface area contributed by atoms with Crippen LogP contribution in [0.1, 0.15) is 36.9 Å². The Labute approximate surface area is 143 Å². The minimum absolute atomic E-state index is 0.0612. The molecular weight excluding hydrogens is 300 g/mol. The SMILES string of the molecule is CCc1cccc(NC(=O)CNC(CCCO)c2ccccc2)c1. The molecule has 2 aromatic rings. The molecule has 0 fully saturated rings. The maximum absolute atomic E-state index is 12.2. The summed E-state index contributed by atoms with van der Waals surface area (Å²) in [5, 5.41) is 15.3. The third-order valence-corrected chi connectivity index (χ3v) is 3.98.